The van der Waals surface area contributed by atoms with Crippen molar-refractivity contribution in [2.45, 2.75) is 40.2 Å². The van der Waals surface area contributed by atoms with E-state index in [2.05, 4.69) is 15.5 Å². The van der Waals surface area contributed by atoms with E-state index in [9.17, 15) is 14.4 Å². The van der Waals surface area contributed by atoms with Gasteiger partial charge in [0, 0.05) is 61.5 Å². The number of carbonyl (C=O) groups is 3. The molecule has 1 aliphatic heterocycles. The fourth-order valence-corrected chi connectivity index (χ4v) is 5.05. The third-order valence-corrected chi connectivity index (χ3v) is 7.71. The molecule has 3 aromatic carbocycles. The zero-order valence-electron chi connectivity index (χ0n) is 23.6. The van der Waals surface area contributed by atoms with E-state index in [0.29, 0.717) is 5.56 Å². The molecule has 0 atom stereocenters. The van der Waals surface area contributed by atoms with Crippen molar-refractivity contribution < 1.29 is 14.4 Å². The topological polar surface area (TPSA) is 81.8 Å². The number of carbonyl (C=O) groups excluding carboxylic acids is 3. The summed E-state index contributed by atoms with van der Waals surface area (Å²) in [7, 11) is 0. The monoisotopic (exact) mass is 538 g/mol. The van der Waals surface area contributed by atoms with Gasteiger partial charge in [-0.3, -0.25) is 19.3 Å². The summed E-state index contributed by atoms with van der Waals surface area (Å²) in [4.78, 5) is 41.6. The Bertz CT molecular complexity index is 1370. The molecule has 5 rings (SSSR count). The van der Waals surface area contributed by atoms with Gasteiger partial charge in [0.05, 0.1) is 0 Å². The van der Waals surface area contributed by atoms with Crippen molar-refractivity contribution in [3.05, 3.63) is 83.4 Å². The normalized spacial score (nSPS) is 15.7. The zero-order chi connectivity index (χ0) is 28.2. The largest absolute Gasteiger partial charge is 0.340 e. The lowest BCUT2D eigenvalue weighted by Crippen LogP contribution is -2.49. The van der Waals surface area contributed by atoms with Gasteiger partial charge in [-0.1, -0.05) is 44.2 Å². The van der Waals surface area contributed by atoms with Gasteiger partial charge < -0.3 is 15.5 Å². The van der Waals surface area contributed by atoms with Crippen LogP contribution in [0.5, 0.6) is 0 Å². The SMILES string of the molecule is Cc1ccc(NC(=O)C2CC2)cc1-c1ccc(C(=O)Nc2ccc(CN3CCN(C(=O)C(C)C)CC3)cc2)cc1. The molecule has 40 heavy (non-hydrogen) atoms. The number of rotatable bonds is 8. The second kappa shape index (κ2) is 12.0. The molecule has 1 saturated carbocycles. The molecule has 0 unspecified atom stereocenters. The maximum atomic E-state index is 12.9. The highest BCUT2D eigenvalue weighted by atomic mass is 16.2. The van der Waals surface area contributed by atoms with E-state index in [1.165, 1.54) is 5.56 Å². The maximum Gasteiger partial charge on any atom is 0.255 e. The Morgan fingerprint density at radius 2 is 1.48 bits per heavy atom. The van der Waals surface area contributed by atoms with E-state index in [1.54, 1.807) is 0 Å². The molecule has 3 aromatic rings. The number of nitrogens with one attached hydrogen (secondary N) is 2. The summed E-state index contributed by atoms with van der Waals surface area (Å²) in [5.74, 6) is 0.357. The van der Waals surface area contributed by atoms with Gasteiger partial charge in [0.1, 0.15) is 0 Å². The molecule has 2 aliphatic rings. The molecule has 1 aliphatic carbocycles. The average Bonchev–Trinajstić information content (AvgIpc) is 3.81. The third kappa shape index (κ3) is 6.77. The summed E-state index contributed by atoms with van der Waals surface area (Å²) in [5.41, 5.74) is 6.44. The Morgan fingerprint density at radius 3 is 2.10 bits per heavy atom. The van der Waals surface area contributed by atoms with Crippen molar-refractivity contribution in [1.82, 2.24) is 9.80 Å². The van der Waals surface area contributed by atoms with Crippen LogP contribution in [0.4, 0.5) is 11.4 Å². The standard InChI is InChI=1S/C33H38N4O3/c1-22(2)33(40)37-18-16-36(17-19-37)21-24-5-14-28(15-6-24)34-31(38)26-9-7-25(8-10-26)30-20-29(13-4-23(30)3)35-32(39)27-11-12-27/h4-10,13-15,20,22,27H,11-12,16-19,21H2,1-3H3,(H,34,38)(H,35,39). The van der Waals surface area contributed by atoms with Crippen LogP contribution >= 0.6 is 0 Å². The summed E-state index contributed by atoms with van der Waals surface area (Å²) in [6.07, 6.45) is 1.94. The molecule has 0 bridgehead atoms. The molecule has 7 heteroatoms. The van der Waals surface area contributed by atoms with Gasteiger partial charge in [0.2, 0.25) is 11.8 Å². The van der Waals surface area contributed by atoms with E-state index in [1.807, 2.05) is 92.4 Å². The first-order valence-electron chi connectivity index (χ1n) is 14.2. The van der Waals surface area contributed by atoms with Crippen LogP contribution < -0.4 is 10.6 Å². The summed E-state index contributed by atoms with van der Waals surface area (Å²) >= 11 is 0. The Morgan fingerprint density at radius 1 is 0.825 bits per heavy atom. The Hall–Kier alpha value is -3.97. The molecule has 7 nitrogen and oxygen atoms in total. The van der Waals surface area contributed by atoms with E-state index >= 15 is 0 Å². The van der Waals surface area contributed by atoms with E-state index < -0.39 is 0 Å². The summed E-state index contributed by atoms with van der Waals surface area (Å²) in [5, 5.41) is 6.01. The summed E-state index contributed by atoms with van der Waals surface area (Å²) in [6.45, 7) is 10.0. The van der Waals surface area contributed by atoms with Crippen molar-refractivity contribution >= 4 is 29.1 Å². The number of piperazine rings is 1. The van der Waals surface area contributed by atoms with E-state index in [0.717, 1.165) is 73.6 Å². The molecule has 208 valence electrons. The van der Waals surface area contributed by atoms with Crippen molar-refractivity contribution in [3.63, 3.8) is 0 Å². The number of amides is 3. The van der Waals surface area contributed by atoms with Gasteiger partial charge in [-0.15, -0.1) is 0 Å². The second-order valence-corrected chi connectivity index (χ2v) is 11.3. The molecule has 0 spiro atoms. The van der Waals surface area contributed by atoms with Gasteiger partial charge in [0.25, 0.3) is 5.91 Å². The minimum Gasteiger partial charge on any atom is -0.340 e. The molecule has 2 N–H and O–H groups in total. The Kier molecular flexibility index (Phi) is 8.31. The Labute approximate surface area is 236 Å². The Balaban J connectivity index is 1.15. The molecule has 0 radical (unpaired) electrons. The van der Waals surface area contributed by atoms with Gasteiger partial charge in [-0.2, -0.15) is 0 Å². The van der Waals surface area contributed by atoms with Gasteiger partial charge in [-0.25, -0.2) is 0 Å². The van der Waals surface area contributed by atoms with Crippen LogP contribution in [0.2, 0.25) is 0 Å². The van der Waals surface area contributed by atoms with Crippen molar-refractivity contribution in [1.29, 1.82) is 0 Å². The maximum absolute atomic E-state index is 12.9. The van der Waals surface area contributed by atoms with E-state index in [4.69, 9.17) is 0 Å². The van der Waals surface area contributed by atoms with Crippen LogP contribution in [-0.4, -0.2) is 53.7 Å². The minimum atomic E-state index is -0.160. The molecule has 1 heterocycles. The average molecular weight is 539 g/mol. The van der Waals surface area contributed by atoms with Crippen LogP contribution in [0, 0.1) is 18.8 Å². The molecule has 3 amide bonds. The first kappa shape index (κ1) is 27.6. The summed E-state index contributed by atoms with van der Waals surface area (Å²) < 4.78 is 0. The lowest BCUT2D eigenvalue weighted by Gasteiger charge is -2.35. The number of nitrogens with zero attached hydrogens (tertiary/aromatic N) is 2. The predicted octanol–water partition coefficient (Wildman–Crippen LogP) is 5.56. The van der Waals surface area contributed by atoms with Crippen molar-refractivity contribution in [2.75, 3.05) is 36.8 Å². The minimum absolute atomic E-state index is 0.0420. The first-order chi connectivity index (χ1) is 19.3. The first-order valence-corrected chi connectivity index (χ1v) is 14.2. The van der Waals surface area contributed by atoms with Crippen molar-refractivity contribution in [2.24, 2.45) is 11.8 Å². The predicted molar refractivity (Wildman–Crippen MR) is 159 cm³/mol. The van der Waals surface area contributed by atoms with Gasteiger partial charge >= 0.3 is 0 Å². The molecule has 2 fully saturated rings. The van der Waals surface area contributed by atoms with Crippen LogP contribution in [0.3, 0.4) is 0 Å². The van der Waals surface area contributed by atoms with Gasteiger partial charge in [0.15, 0.2) is 0 Å². The number of anilines is 2. The molecular formula is C33H38N4O3. The van der Waals surface area contributed by atoms with Gasteiger partial charge in [-0.05, 0) is 78.4 Å². The highest BCUT2D eigenvalue weighted by Crippen LogP contribution is 2.32. The quantitative estimate of drug-likeness (QED) is 0.393. The van der Waals surface area contributed by atoms with Crippen LogP contribution in [0.25, 0.3) is 11.1 Å². The van der Waals surface area contributed by atoms with Crippen molar-refractivity contribution in [3.8, 4) is 11.1 Å². The highest BCUT2D eigenvalue weighted by molar-refractivity contribution is 6.04. The zero-order valence-corrected chi connectivity index (χ0v) is 23.6. The molecular weight excluding hydrogens is 500 g/mol. The highest BCUT2D eigenvalue weighted by Gasteiger charge is 2.29. The number of benzene rings is 3. The third-order valence-electron chi connectivity index (χ3n) is 7.71. The lowest BCUT2D eigenvalue weighted by atomic mass is 9.98. The molecule has 1 saturated heterocycles. The van der Waals surface area contributed by atoms with Crippen LogP contribution in [0.15, 0.2) is 66.7 Å². The lowest BCUT2D eigenvalue weighted by molar-refractivity contribution is -0.136. The van der Waals surface area contributed by atoms with Crippen LogP contribution in [-0.2, 0) is 16.1 Å². The van der Waals surface area contributed by atoms with E-state index in [-0.39, 0.29) is 29.6 Å². The smallest absolute Gasteiger partial charge is 0.255 e. The number of aryl methyl sites for hydroxylation is 1. The second-order valence-electron chi connectivity index (χ2n) is 11.3. The van der Waals surface area contributed by atoms with Crippen LogP contribution in [0.1, 0.15) is 48.2 Å². The number of hydrogen-bond donors (Lipinski definition) is 2. The fourth-order valence-electron chi connectivity index (χ4n) is 5.05. The fraction of sp³-hybridized carbons (Fsp3) is 0.364. The summed E-state index contributed by atoms with van der Waals surface area (Å²) in [6, 6.07) is 21.5. The number of hydrogen-bond acceptors (Lipinski definition) is 4. The molecule has 0 aromatic heterocycles.